The van der Waals surface area contributed by atoms with Gasteiger partial charge < -0.3 is 32.6 Å². The van der Waals surface area contributed by atoms with Crippen LogP contribution in [0, 0.1) is 5.41 Å². The summed E-state index contributed by atoms with van der Waals surface area (Å²) in [6, 6.07) is 84.5. The zero-order chi connectivity index (χ0) is 67.8. The minimum Gasteiger partial charge on any atom is -0.462 e. The van der Waals surface area contributed by atoms with Gasteiger partial charge in [0.05, 0.1) is 64.4 Å². The van der Waals surface area contributed by atoms with E-state index in [9.17, 15) is 4.79 Å². The molecule has 107 heavy (non-hydrogen) atoms. The molecule has 0 amide bonds. The summed E-state index contributed by atoms with van der Waals surface area (Å²) in [5, 5.41) is 7.60. The lowest BCUT2D eigenvalue weighted by Gasteiger charge is -2.35. The Kier molecular flexibility index (Phi) is 28.9. The van der Waals surface area contributed by atoms with Crippen LogP contribution in [0.1, 0.15) is 231 Å². The van der Waals surface area contributed by atoms with Crippen LogP contribution in [0.3, 0.4) is 0 Å². The molecule has 8 nitrogen and oxygen atoms in total. The highest BCUT2D eigenvalue weighted by Gasteiger charge is 2.49. The minimum atomic E-state index is -0.672. The third-order valence-electron chi connectivity index (χ3n) is 22.7. The van der Waals surface area contributed by atoms with Crippen LogP contribution >= 0.6 is 0 Å². The van der Waals surface area contributed by atoms with Crippen molar-refractivity contribution in [2.24, 2.45) is 5.41 Å². The van der Waals surface area contributed by atoms with E-state index in [-0.39, 0.29) is 94.5 Å². The zero-order valence-corrected chi connectivity index (χ0v) is 58.9. The van der Waals surface area contributed by atoms with Crippen molar-refractivity contribution in [3.63, 3.8) is 0 Å². The summed E-state index contributed by atoms with van der Waals surface area (Å²) >= 11 is 0. The maximum atomic E-state index is 14.1. The van der Waals surface area contributed by atoms with Gasteiger partial charge in [-0.25, -0.2) is 0 Å². The molecule has 3 aromatic heterocycles. The molecule has 0 saturated carbocycles. The molecule has 16 rings (SSSR count). The average Bonchev–Trinajstić information content (AvgIpc) is 1.55. The summed E-state index contributed by atoms with van der Waals surface area (Å²) in [4.78, 5) is 14.1. The molecular weight excluding hydrogens is 1310 g/mol. The first-order chi connectivity index (χ1) is 48.6. The molecule has 2 saturated heterocycles. The van der Waals surface area contributed by atoms with E-state index in [0.29, 0.717) is 32.2 Å². The molecule has 1 aliphatic carbocycles. The lowest BCUT2D eigenvalue weighted by molar-refractivity contribution is -0.159. The van der Waals surface area contributed by atoms with Crippen LogP contribution in [0.4, 0.5) is 0 Å². The van der Waals surface area contributed by atoms with Gasteiger partial charge in [-0.1, -0.05) is 303 Å². The van der Waals surface area contributed by atoms with Crippen molar-refractivity contribution in [3.05, 3.63) is 258 Å². The Morgan fingerprint density at radius 2 is 0.991 bits per heavy atom. The molecule has 7 unspecified atom stereocenters. The van der Waals surface area contributed by atoms with E-state index in [1.807, 2.05) is 0 Å². The summed E-state index contributed by atoms with van der Waals surface area (Å²) < 4.78 is 31.9. The third-order valence-corrected chi connectivity index (χ3v) is 22.7. The molecule has 3 aliphatic rings. The maximum absolute atomic E-state index is 14.1. The van der Waals surface area contributed by atoms with Gasteiger partial charge in [-0.2, -0.15) is 0 Å². The predicted octanol–water partition coefficient (Wildman–Crippen LogP) is 28.4. The molecule has 7 atom stereocenters. The molecule has 568 valence electrons. The lowest BCUT2D eigenvalue weighted by atomic mass is 9.70. The first kappa shape index (κ1) is 85.2. The van der Waals surface area contributed by atoms with Gasteiger partial charge in [0, 0.05) is 61.2 Å². The number of ether oxygens (including phenoxy) is 4. The number of carbonyl (C=O) groups excluding carboxylic acids is 1. The van der Waals surface area contributed by atoms with Crippen molar-refractivity contribution in [1.29, 1.82) is 0 Å². The van der Waals surface area contributed by atoms with Crippen molar-refractivity contribution < 1.29 is 23.7 Å². The Morgan fingerprint density at radius 1 is 0.458 bits per heavy atom. The molecule has 8 heteroatoms. The Morgan fingerprint density at radius 3 is 1.61 bits per heavy atom. The SMILES string of the molecule is C.C.C.C.C.C.C.C.CCCC1(COC(CC)C(CC)c2cccc(C3c4ccccc4-c4ccc5c(c43)c3ccccc3n5-c3ccccc3)c2)CO1.CCCCCCCC1(COC(=O)C(C)(CC)C(CC)c2cccc(-n3c4ccccc4c4c3ccc3c5ccccc5n(-c5ccccc5)c34)c2)CO1. The van der Waals surface area contributed by atoms with E-state index in [4.69, 9.17) is 18.9 Å². The fourth-order valence-electron chi connectivity index (χ4n) is 17.2. The quantitative estimate of drug-likeness (QED) is 0.0307. The van der Waals surface area contributed by atoms with Crippen LogP contribution in [0.25, 0.3) is 93.6 Å². The van der Waals surface area contributed by atoms with Crippen molar-refractivity contribution in [2.75, 3.05) is 26.4 Å². The number of esters is 1. The van der Waals surface area contributed by atoms with Gasteiger partial charge in [0.15, 0.2) is 0 Å². The van der Waals surface area contributed by atoms with Crippen LogP contribution in [-0.4, -0.2) is 63.4 Å². The topological polar surface area (TPSA) is 75.4 Å². The maximum Gasteiger partial charge on any atom is 0.312 e. The van der Waals surface area contributed by atoms with E-state index in [1.54, 1.807) is 0 Å². The van der Waals surface area contributed by atoms with Gasteiger partial charge in [-0.3, -0.25) is 4.79 Å². The fraction of sp³-hybridized carbons (Fsp3) is 0.384. The summed E-state index contributed by atoms with van der Waals surface area (Å²) in [5.41, 5.74) is 19.0. The number of rotatable bonds is 26. The number of epoxide rings is 2. The minimum absolute atomic E-state index is 0. The lowest BCUT2D eigenvalue weighted by Crippen LogP contribution is -2.37. The second kappa shape index (κ2) is 36.2. The summed E-state index contributed by atoms with van der Waals surface area (Å²) in [6.45, 7) is 18.0. The van der Waals surface area contributed by atoms with Gasteiger partial charge in [-0.15, -0.1) is 0 Å². The van der Waals surface area contributed by atoms with Crippen molar-refractivity contribution in [2.45, 2.75) is 220 Å². The molecule has 2 aliphatic heterocycles. The molecule has 0 radical (unpaired) electrons. The van der Waals surface area contributed by atoms with Crippen LogP contribution in [0.2, 0.25) is 0 Å². The number of unbranched alkanes of at least 4 members (excludes halogenated alkanes) is 4. The van der Waals surface area contributed by atoms with Crippen molar-refractivity contribution >= 4 is 71.4 Å². The van der Waals surface area contributed by atoms with Gasteiger partial charge in [0.25, 0.3) is 0 Å². The van der Waals surface area contributed by atoms with Gasteiger partial charge in [-0.05, 0) is 157 Å². The van der Waals surface area contributed by atoms with Crippen molar-refractivity contribution in [3.8, 4) is 28.2 Å². The molecule has 0 spiro atoms. The molecule has 13 aromatic rings. The van der Waals surface area contributed by atoms with Gasteiger partial charge in [0.2, 0.25) is 0 Å². The van der Waals surface area contributed by atoms with E-state index in [2.05, 4.69) is 293 Å². The zero-order valence-electron chi connectivity index (χ0n) is 58.9. The van der Waals surface area contributed by atoms with Gasteiger partial charge >= 0.3 is 5.97 Å². The number of hydrogen-bond donors (Lipinski definition) is 0. The summed E-state index contributed by atoms with van der Waals surface area (Å²) in [5.74, 6) is 0.349. The highest BCUT2D eigenvalue weighted by Crippen LogP contribution is 2.54. The van der Waals surface area contributed by atoms with Crippen LogP contribution in [0.15, 0.2) is 231 Å². The van der Waals surface area contributed by atoms with Crippen LogP contribution < -0.4 is 0 Å². The fourth-order valence-corrected chi connectivity index (χ4v) is 17.2. The Hall–Kier alpha value is -9.05. The number of para-hydroxylation sites is 5. The molecule has 10 aromatic carbocycles. The standard InChI is InChI=1S/C48H52N2O3.C43H43NO2.8CH4/c1-5-8-9-10-18-30-48(33-53-48)32-52-46(51)47(4,7-3)40(6-2)34-20-19-23-36(31-34)49-42-27-17-15-25-39(42)44-43(49)29-28-38-37-24-14-16-26-41(37)50(45(38)44)35-21-12-11-13-22-35;1-4-25-43(28-46-43)27-45-39(6-3)32(5-2)29-15-14-16-30(26-29)40-34-20-11-10-19-33(34)35-23-24-38-41(42(35)40)36-21-12-13-22-37(36)44(38)31-17-8-7-9-18-31;;;;;;;;/h11-17,19-29,31,40H,5-10,18,30,32-33H2,1-4H3;7-24,26,32,39-40H,4-6,25,27-28H2,1-3H3;8*1H4. The number of hydrogen-bond acceptors (Lipinski definition) is 5. The van der Waals surface area contributed by atoms with Crippen molar-refractivity contribution in [1.82, 2.24) is 13.7 Å². The largest absolute Gasteiger partial charge is 0.462 e. The number of benzene rings is 10. The second-order valence-electron chi connectivity index (χ2n) is 28.7. The number of carbonyl (C=O) groups is 1. The van der Waals surface area contributed by atoms with E-state index in [0.717, 1.165) is 79.5 Å². The highest BCUT2D eigenvalue weighted by atomic mass is 16.6. The normalized spacial score (nSPS) is 17.1. The van der Waals surface area contributed by atoms with Crippen LogP contribution in [0.5, 0.6) is 0 Å². The molecule has 0 bridgehead atoms. The molecular formula is C99H127N3O5. The second-order valence-corrected chi connectivity index (χ2v) is 28.7. The smallest absolute Gasteiger partial charge is 0.312 e. The summed E-state index contributed by atoms with van der Waals surface area (Å²) in [7, 11) is 0. The first-order valence-corrected chi connectivity index (χ1v) is 37.1. The highest BCUT2D eigenvalue weighted by molar-refractivity contribution is 6.26. The number of aromatic nitrogens is 3. The van der Waals surface area contributed by atoms with E-state index < -0.39 is 5.41 Å². The third kappa shape index (κ3) is 15.7. The first-order valence-electron chi connectivity index (χ1n) is 37.1. The average molecular weight is 1440 g/mol. The molecule has 2 fully saturated rings. The van der Waals surface area contributed by atoms with E-state index in [1.165, 1.54) is 119 Å². The molecule has 5 heterocycles. The Labute approximate surface area is 643 Å². The number of nitrogens with zero attached hydrogens (tertiary/aromatic N) is 3. The molecule has 0 N–H and O–H groups in total. The summed E-state index contributed by atoms with van der Waals surface area (Å²) in [6.07, 6.45) is 13.0. The predicted molar refractivity (Wildman–Crippen MR) is 464 cm³/mol. The Balaban J connectivity index is 0.000000280. The van der Waals surface area contributed by atoms with E-state index >= 15 is 0 Å². The number of fused-ring (bicyclic) bond motifs is 14. The van der Waals surface area contributed by atoms with Crippen LogP contribution in [-0.2, 0) is 23.7 Å². The van der Waals surface area contributed by atoms with Gasteiger partial charge in [0.1, 0.15) is 17.8 Å². The monoisotopic (exact) mass is 1440 g/mol. The Bertz CT molecular complexity index is 5050.